The van der Waals surface area contributed by atoms with Crippen LogP contribution in [0.5, 0.6) is 5.75 Å². The van der Waals surface area contributed by atoms with Gasteiger partial charge >= 0.3 is 0 Å². The van der Waals surface area contributed by atoms with Crippen LogP contribution in [0.1, 0.15) is 23.2 Å². The summed E-state index contributed by atoms with van der Waals surface area (Å²) < 4.78 is 18.2. The van der Waals surface area contributed by atoms with Crippen LogP contribution < -0.4 is 10.1 Å². The van der Waals surface area contributed by atoms with Crippen molar-refractivity contribution in [2.24, 2.45) is 0 Å². The molecule has 1 N–H and O–H groups in total. The molecule has 5 nitrogen and oxygen atoms in total. The molecule has 2 aromatic rings. The highest BCUT2D eigenvalue weighted by molar-refractivity contribution is 5.94. The second-order valence-corrected chi connectivity index (χ2v) is 6.24. The molecule has 26 heavy (non-hydrogen) atoms. The lowest BCUT2D eigenvalue weighted by Gasteiger charge is -2.32. The molecule has 0 spiro atoms. The molecule has 0 atom stereocenters. The lowest BCUT2D eigenvalue weighted by Crippen LogP contribution is -2.47. The van der Waals surface area contributed by atoms with E-state index in [4.69, 9.17) is 4.74 Å². The van der Waals surface area contributed by atoms with E-state index in [0.717, 1.165) is 0 Å². The first-order valence-corrected chi connectivity index (χ1v) is 8.64. The van der Waals surface area contributed by atoms with Gasteiger partial charge in [-0.05, 0) is 49.2 Å². The predicted octanol–water partition coefficient (Wildman–Crippen LogP) is 2.63. The highest BCUT2D eigenvalue weighted by atomic mass is 19.1. The fourth-order valence-corrected chi connectivity index (χ4v) is 2.90. The molecule has 1 heterocycles. The van der Waals surface area contributed by atoms with E-state index in [9.17, 15) is 14.0 Å². The summed E-state index contributed by atoms with van der Waals surface area (Å²) >= 11 is 0. The van der Waals surface area contributed by atoms with Gasteiger partial charge < -0.3 is 15.0 Å². The molecular weight excluding hydrogens is 335 g/mol. The third kappa shape index (κ3) is 4.81. The smallest absolute Gasteiger partial charge is 0.260 e. The molecule has 1 aliphatic rings. The topological polar surface area (TPSA) is 58.6 Å². The number of rotatable bonds is 5. The minimum Gasteiger partial charge on any atom is -0.484 e. The van der Waals surface area contributed by atoms with Crippen LogP contribution in [0.15, 0.2) is 54.6 Å². The molecule has 6 heteroatoms. The van der Waals surface area contributed by atoms with E-state index >= 15 is 0 Å². The Morgan fingerprint density at radius 1 is 1.04 bits per heavy atom. The molecule has 1 aliphatic heterocycles. The fourth-order valence-electron chi connectivity index (χ4n) is 2.90. The predicted molar refractivity (Wildman–Crippen MR) is 95.4 cm³/mol. The third-order valence-corrected chi connectivity index (χ3v) is 4.39. The number of hydrogen-bond donors (Lipinski definition) is 1. The van der Waals surface area contributed by atoms with Crippen LogP contribution in [0.25, 0.3) is 0 Å². The number of halogens is 1. The number of nitrogens with zero attached hydrogens (tertiary/aromatic N) is 1. The SMILES string of the molecule is O=C(NC1CCN(C(=O)COc2ccc(F)cc2)CC1)c1ccccc1. The van der Waals surface area contributed by atoms with E-state index in [1.807, 2.05) is 18.2 Å². The van der Waals surface area contributed by atoms with Crippen molar-refractivity contribution >= 4 is 11.8 Å². The number of hydrogen-bond acceptors (Lipinski definition) is 3. The zero-order valence-corrected chi connectivity index (χ0v) is 14.4. The quantitative estimate of drug-likeness (QED) is 0.896. The first-order chi connectivity index (χ1) is 12.6. The molecule has 2 aromatic carbocycles. The summed E-state index contributed by atoms with van der Waals surface area (Å²) in [4.78, 5) is 26.1. The molecule has 1 fully saturated rings. The van der Waals surface area contributed by atoms with Gasteiger partial charge in [0.15, 0.2) is 6.61 Å². The van der Waals surface area contributed by atoms with E-state index < -0.39 is 0 Å². The highest BCUT2D eigenvalue weighted by Crippen LogP contribution is 2.14. The summed E-state index contributed by atoms with van der Waals surface area (Å²) in [7, 11) is 0. The van der Waals surface area contributed by atoms with E-state index in [1.165, 1.54) is 24.3 Å². The number of carbonyl (C=O) groups is 2. The lowest BCUT2D eigenvalue weighted by molar-refractivity contribution is -0.134. The second kappa shape index (κ2) is 8.47. The summed E-state index contributed by atoms with van der Waals surface area (Å²) in [6.45, 7) is 1.07. The van der Waals surface area contributed by atoms with Gasteiger partial charge in [0.25, 0.3) is 11.8 Å². The zero-order chi connectivity index (χ0) is 18.4. The van der Waals surface area contributed by atoms with E-state index in [1.54, 1.807) is 17.0 Å². The van der Waals surface area contributed by atoms with Crippen molar-refractivity contribution in [1.29, 1.82) is 0 Å². The average Bonchev–Trinajstić information content (AvgIpc) is 2.68. The Labute approximate surface area is 151 Å². The summed E-state index contributed by atoms with van der Waals surface area (Å²) in [5.74, 6) is -0.0785. The third-order valence-electron chi connectivity index (χ3n) is 4.39. The fraction of sp³-hybridized carbons (Fsp3) is 0.300. The molecule has 0 unspecified atom stereocenters. The van der Waals surface area contributed by atoms with Crippen LogP contribution in [0.3, 0.4) is 0 Å². The number of nitrogens with one attached hydrogen (secondary N) is 1. The minimum absolute atomic E-state index is 0.0600. The van der Waals surface area contributed by atoms with E-state index in [-0.39, 0.29) is 30.3 Å². The maximum absolute atomic E-state index is 12.9. The molecule has 136 valence electrons. The molecule has 0 aliphatic carbocycles. The van der Waals surface area contributed by atoms with Gasteiger partial charge in [0, 0.05) is 24.7 Å². The standard InChI is InChI=1S/C20H21FN2O3/c21-16-6-8-18(9-7-16)26-14-19(24)23-12-10-17(11-13-23)22-20(25)15-4-2-1-3-5-15/h1-9,17H,10-14H2,(H,22,25). The molecule has 0 radical (unpaired) electrons. The Hall–Kier alpha value is -2.89. The van der Waals surface area contributed by atoms with Crippen molar-refractivity contribution in [3.8, 4) is 5.75 Å². The number of benzene rings is 2. The van der Waals surface area contributed by atoms with Crippen LogP contribution >= 0.6 is 0 Å². The van der Waals surface area contributed by atoms with Gasteiger partial charge in [-0.15, -0.1) is 0 Å². The van der Waals surface area contributed by atoms with E-state index in [0.29, 0.717) is 37.2 Å². The number of amides is 2. The Bertz CT molecular complexity index is 741. The summed E-state index contributed by atoms with van der Waals surface area (Å²) in [6, 6.07) is 14.7. The normalized spacial score (nSPS) is 14.7. The van der Waals surface area contributed by atoms with Crippen LogP contribution in [-0.4, -0.2) is 42.5 Å². The van der Waals surface area contributed by atoms with Gasteiger partial charge in [0.2, 0.25) is 0 Å². The maximum Gasteiger partial charge on any atom is 0.260 e. The van der Waals surface area contributed by atoms with Crippen molar-refractivity contribution in [2.75, 3.05) is 19.7 Å². The first kappa shape index (κ1) is 17.9. The first-order valence-electron chi connectivity index (χ1n) is 8.64. The van der Waals surface area contributed by atoms with Gasteiger partial charge in [-0.1, -0.05) is 18.2 Å². The number of piperidine rings is 1. The van der Waals surface area contributed by atoms with Crippen molar-refractivity contribution in [2.45, 2.75) is 18.9 Å². The summed E-state index contributed by atoms with van der Waals surface area (Å²) in [5, 5.41) is 3.01. The number of ether oxygens (including phenoxy) is 1. The monoisotopic (exact) mass is 356 g/mol. The van der Waals surface area contributed by atoms with Crippen molar-refractivity contribution < 1.29 is 18.7 Å². The van der Waals surface area contributed by atoms with Crippen molar-refractivity contribution in [3.63, 3.8) is 0 Å². The molecule has 0 aromatic heterocycles. The van der Waals surface area contributed by atoms with Crippen LogP contribution in [0.4, 0.5) is 4.39 Å². The average molecular weight is 356 g/mol. The Morgan fingerprint density at radius 3 is 2.35 bits per heavy atom. The minimum atomic E-state index is -0.344. The maximum atomic E-state index is 12.9. The van der Waals surface area contributed by atoms with Crippen LogP contribution in [0, 0.1) is 5.82 Å². The van der Waals surface area contributed by atoms with Crippen molar-refractivity contribution in [3.05, 3.63) is 66.0 Å². The van der Waals surface area contributed by atoms with Gasteiger partial charge in [-0.2, -0.15) is 0 Å². The Kier molecular flexibility index (Phi) is 5.84. The van der Waals surface area contributed by atoms with Gasteiger partial charge in [-0.25, -0.2) is 4.39 Å². The van der Waals surface area contributed by atoms with Crippen LogP contribution in [0.2, 0.25) is 0 Å². The Morgan fingerprint density at radius 2 is 1.69 bits per heavy atom. The summed E-state index contributed by atoms with van der Waals surface area (Å²) in [6.07, 6.45) is 1.42. The van der Waals surface area contributed by atoms with Crippen molar-refractivity contribution in [1.82, 2.24) is 10.2 Å². The van der Waals surface area contributed by atoms with Crippen LogP contribution in [-0.2, 0) is 4.79 Å². The number of carbonyl (C=O) groups excluding carboxylic acids is 2. The largest absolute Gasteiger partial charge is 0.484 e. The Balaban J connectivity index is 1.42. The molecular formula is C20H21FN2O3. The lowest BCUT2D eigenvalue weighted by atomic mass is 10.0. The van der Waals surface area contributed by atoms with Gasteiger partial charge in [0.05, 0.1) is 0 Å². The van der Waals surface area contributed by atoms with Gasteiger partial charge in [-0.3, -0.25) is 9.59 Å². The highest BCUT2D eigenvalue weighted by Gasteiger charge is 2.24. The second-order valence-electron chi connectivity index (χ2n) is 6.24. The number of likely N-dealkylation sites (tertiary alicyclic amines) is 1. The molecule has 0 saturated carbocycles. The zero-order valence-electron chi connectivity index (χ0n) is 14.4. The molecule has 0 bridgehead atoms. The molecule has 1 saturated heterocycles. The molecule has 2 amide bonds. The van der Waals surface area contributed by atoms with Gasteiger partial charge in [0.1, 0.15) is 11.6 Å². The molecule has 3 rings (SSSR count). The van der Waals surface area contributed by atoms with E-state index in [2.05, 4.69) is 5.32 Å². The summed E-state index contributed by atoms with van der Waals surface area (Å²) in [5.41, 5.74) is 0.638.